The lowest BCUT2D eigenvalue weighted by molar-refractivity contribution is -1.07. The van der Waals surface area contributed by atoms with Crippen molar-refractivity contribution in [1.82, 2.24) is 0 Å². The minimum absolute atomic E-state index is 0.0347. The number of piperidine rings is 1. The molecule has 2 saturated carbocycles. The summed E-state index contributed by atoms with van der Waals surface area (Å²) in [4.78, 5) is 26.8. The van der Waals surface area contributed by atoms with Crippen molar-refractivity contribution in [3.63, 3.8) is 0 Å². The summed E-state index contributed by atoms with van der Waals surface area (Å²) in [5.74, 6) is 1.21. The molecule has 0 aromatic rings. The third-order valence-corrected chi connectivity index (χ3v) is 6.98. The molecule has 0 aromatic carbocycles. The van der Waals surface area contributed by atoms with Gasteiger partial charge in [0.1, 0.15) is 18.4 Å². The number of Topliss-reactive ketones (excluding diaryl/α,β-unsaturated/α-hetero) is 2. The highest BCUT2D eigenvalue weighted by atomic mass is 16.8. The molecule has 6 nitrogen and oxygen atoms in total. The second-order valence-corrected chi connectivity index (χ2v) is 8.81. The summed E-state index contributed by atoms with van der Waals surface area (Å²) >= 11 is 0. The lowest BCUT2D eigenvalue weighted by Crippen LogP contribution is -3.14. The molecule has 3 rings (SSSR count). The Morgan fingerprint density at radius 2 is 1.54 bits per heavy atom. The van der Waals surface area contributed by atoms with Gasteiger partial charge >= 0.3 is 0 Å². The van der Waals surface area contributed by atoms with Gasteiger partial charge in [-0.3, -0.25) is 9.59 Å². The first-order valence-corrected chi connectivity index (χ1v) is 10.7. The Balaban J connectivity index is 1.46. The normalized spacial score (nSPS) is 35.0. The average Bonchev–Trinajstić information content (AvgIpc) is 2.68. The van der Waals surface area contributed by atoms with E-state index in [1.165, 1.54) is 24.2 Å². The number of carbonyl (C=O) groups is 2. The highest BCUT2D eigenvalue weighted by Crippen LogP contribution is 2.28. The summed E-state index contributed by atoms with van der Waals surface area (Å²) in [7, 11) is 0. The van der Waals surface area contributed by atoms with Gasteiger partial charge in [0.05, 0.1) is 19.0 Å². The molecule has 3 N–H and O–H groups in total. The SMILES string of the molecule is O=C(C[NH+]1CCCC(C(=O)C2CCCCC2)C1)C1CCC([NH+]([O-])O)CC1. The van der Waals surface area contributed by atoms with Crippen LogP contribution in [-0.4, -0.2) is 42.4 Å². The Hall–Kier alpha value is -0.820. The zero-order valence-electron chi connectivity index (χ0n) is 15.9. The maximum absolute atomic E-state index is 12.8. The number of hydroxylamine groups is 2. The fourth-order valence-electron chi connectivity index (χ4n) is 5.33. The average molecular weight is 368 g/mol. The molecule has 3 fully saturated rings. The Labute approximate surface area is 156 Å². The number of hydrogen-bond acceptors (Lipinski definition) is 4. The number of rotatable bonds is 6. The largest absolute Gasteiger partial charge is 0.600 e. The second kappa shape index (κ2) is 9.40. The molecule has 0 spiro atoms. The van der Waals surface area contributed by atoms with E-state index in [2.05, 4.69) is 0 Å². The molecule has 0 bridgehead atoms. The van der Waals surface area contributed by atoms with E-state index in [9.17, 15) is 14.8 Å². The van der Waals surface area contributed by atoms with E-state index in [0.29, 0.717) is 38.0 Å². The summed E-state index contributed by atoms with van der Waals surface area (Å²) in [6.07, 6.45) is 10.5. The van der Waals surface area contributed by atoms with E-state index in [1.54, 1.807) is 0 Å². The van der Waals surface area contributed by atoms with Crippen molar-refractivity contribution in [3.05, 3.63) is 5.21 Å². The Morgan fingerprint density at radius 1 is 0.885 bits per heavy atom. The molecular formula is C20H35N2O4+. The van der Waals surface area contributed by atoms with E-state index >= 15 is 0 Å². The second-order valence-electron chi connectivity index (χ2n) is 8.81. The van der Waals surface area contributed by atoms with Crippen LogP contribution in [-0.2, 0) is 9.59 Å². The molecule has 2 aliphatic carbocycles. The van der Waals surface area contributed by atoms with Gasteiger partial charge in [-0.1, -0.05) is 19.3 Å². The first kappa shape index (κ1) is 19.9. The Kier molecular flexibility index (Phi) is 7.20. The van der Waals surface area contributed by atoms with Crippen LogP contribution in [0.2, 0.25) is 0 Å². The lowest BCUT2D eigenvalue weighted by Gasteiger charge is -2.34. The van der Waals surface area contributed by atoms with Gasteiger partial charge < -0.3 is 10.1 Å². The van der Waals surface area contributed by atoms with Crippen LogP contribution < -0.4 is 10.1 Å². The summed E-state index contributed by atoms with van der Waals surface area (Å²) in [6, 6.07) is -0.265. The van der Waals surface area contributed by atoms with Gasteiger partial charge in [0.15, 0.2) is 5.78 Å². The van der Waals surface area contributed by atoms with Crippen LogP contribution in [0.25, 0.3) is 0 Å². The summed E-state index contributed by atoms with van der Waals surface area (Å²) in [6.45, 7) is 2.34. The first-order chi connectivity index (χ1) is 12.5. The molecule has 3 aliphatic rings. The minimum atomic E-state index is -0.721. The van der Waals surface area contributed by atoms with Gasteiger partial charge in [-0.05, 0) is 38.5 Å². The predicted octanol–water partition coefficient (Wildman–Crippen LogP) is 0.331. The van der Waals surface area contributed by atoms with E-state index in [-0.39, 0.29) is 29.6 Å². The van der Waals surface area contributed by atoms with Gasteiger partial charge in [0.25, 0.3) is 0 Å². The van der Waals surface area contributed by atoms with Crippen molar-refractivity contribution < 1.29 is 24.9 Å². The predicted molar refractivity (Wildman–Crippen MR) is 96.7 cm³/mol. The topological polar surface area (TPSA) is 86.3 Å². The maximum Gasteiger partial charge on any atom is 0.189 e. The summed E-state index contributed by atoms with van der Waals surface area (Å²) in [5.41, 5.74) is 0. The molecule has 6 heteroatoms. The van der Waals surface area contributed by atoms with Crippen LogP contribution in [0.15, 0.2) is 0 Å². The Bertz CT molecular complexity index is 482. The van der Waals surface area contributed by atoms with Gasteiger partial charge in [0, 0.05) is 24.7 Å². The monoisotopic (exact) mass is 367 g/mol. The lowest BCUT2D eigenvalue weighted by atomic mass is 9.79. The fourth-order valence-corrected chi connectivity index (χ4v) is 5.33. The molecule has 1 heterocycles. The van der Waals surface area contributed by atoms with Crippen LogP contribution in [0.5, 0.6) is 0 Å². The quantitative estimate of drug-likeness (QED) is 0.591. The molecule has 0 radical (unpaired) electrons. The molecule has 1 saturated heterocycles. The number of carbonyl (C=O) groups excluding carboxylic acids is 2. The van der Waals surface area contributed by atoms with E-state index in [0.717, 1.165) is 38.8 Å². The molecule has 1 aliphatic heterocycles. The van der Waals surface area contributed by atoms with Gasteiger partial charge in [-0.25, -0.2) is 10.4 Å². The van der Waals surface area contributed by atoms with Crippen LogP contribution in [0.3, 0.4) is 0 Å². The van der Waals surface area contributed by atoms with Crippen molar-refractivity contribution in [2.24, 2.45) is 17.8 Å². The Morgan fingerprint density at radius 3 is 2.19 bits per heavy atom. The van der Waals surface area contributed by atoms with Crippen molar-refractivity contribution in [2.75, 3.05) is 19.6 Å². The van der Waals surface area contributed by atoms with Crippen molar-refractivity contribution in [1.29, 1.82) is 0 Å². The standard InChI is InChI=1S/C20H34N2O4/c23-19(15-8-10-18(11-9-15)22(25)26)14-21-12-4-7-17(13-21)20(24)16-5-2-1-3-6-16/h15-18,22,25H,1-14H2/p+1. The smallest absolute Gasteiger partial charge is 0.189 e. The molecule has 3 unspecified atom stereocenters. The van der Waals surface area contributed by atoms with Gasteiger partial charge in [0.2, 0.25) is 0 Å². The fraction of sp³-hybridized carbons (Fsp3) is 0.900. The number of hydrogen-bond donors (Lipinski definition) is 3. The summed E-state index contributed by atoms with van der Waals surface area (Å²) < 4.78 is 0. The van der Waals surface area contributed by atoms with E-state index < -0.39 is 5.23 Å². The molecule has 26 heavy (non-hydrogen) atoms. The number of quaternary nitrogens is 2. The van der Waals surface area contributed by atoms with Crippen molar-refractivity contribution in [3.8, 4) is 0 Å². The number of likely N-dealkylation sites (tertiary alicyclic amines) is 1. The zero-order valence-corrected chi connectivity index (χ0v) is 15.9. The van der Waals surface area contributed by atoms with Crippen molar-refractivity contribution >= 4 is 11.6 Å². The molecule has 3 atom stereocenters. The highest BCUT2D eigenvalue weighted by Gasteiger charge is 2.36. The zero-order chi connectivity index (χ0) is 18.5. The van der Waals surface area contributed by atoms with Crippen LogP contribution in [0, 0.1) is 23.0 Å². The van der Waals surface area contributed by atoms with Gasteiger partial charge in [-0.15, -0.1) is 0 Å². The number of ketones is 2. The van der Waals surface area contributed by atoms with Gasteiger partial charge in [-0.2, -0.15) is 0 Å². The molecule has 148 valence electrons. The van der Waals surface area contributed by atoms with E-state index in [1.807, 2.05) is 0 Å². The molecular weight excluding hydrogens is 332 g/mol. The third kappa shape index (κ3) is 5.12. The van der Waals surface area contributed by atoms with Crippen molar-refractivity contribution in [2.45, 2.75) is 76.7 Å². The minimum Gasteiger partial charge on any atom is -0.600 e. The van der Waals surface area contributed by atoms with Crippen LogP contribution in [0.1, 0.15) is 70.6 Å². The molecule has 0 aromatic heterocycles. The van der Waals surface area contributed by atoms with Crippen LogP contribution in [0.4, 0.5) is 0 Å². The maximum atomic E-state index is 12.8. The summed E-state index contributed by atoms with van der Waals surface area (Å²) in [5, 5.41) is 19.4. The molecule has 0 amide bonds. The number of nitrogens with one attached hydrogen (secondary N) is 2. The highest BCUT2D eigenvalue weighted by molar-refractivity contribution is 5.84. The first-order valence-electron chi connectivity index (χ1n) is 10.7. The van der Waals surface area contributed by atoms with Crippen LogP contribution >= 0.6 is 0 Å². The third-order valence-electron chi connectivity index (χ3n) is 6.98. The van der Waals surface area contributed by atoms with E-state index in [4.69, 9.17) is 5.21 Å².